The lowest BCUT2D eigenvalue weighted by molar-refractivity contribution is 0.0827. The molecule has 1 aromatic heterocycles. The largest absolute Gasteiger partial charge is 0.497 e. The molecule has 2 aromatic rings. The van der Waals surface area contributed by atoms with Crippen LogP contribution in [0.5, 0.6) is 5.75 Å². The number of carbonyl (C=O) groups excluding carboxylic acids is 1. The number of ether oxygens (including phenoxy) is 1. The van der Waals surface area contributed by atoms with Crippen molar-refractivity contribution in [1.29, 1.82) is 0 Å². The Morgan fingerprint density at radius 3 is 2.79 bits per heavy atom. The minimum atomic E-state index is -0.0279. The minimum absolute atomic E-state index is 0.0279. The van der Waals surface area contributed by atoms with E-state index in [1.807, 2.05) is 24.3 Å². The fourth-order valence-electron chi connectivity index (χ4n) is 3.18. The van der Waals surface area contributed by atoms with Crippen molar-refractivity contribution in [2.75, 3.05) is 32.6 Å². The van der Waals surface area contributed by atoms with Crippen LogP contribution >= 0.6 is 0 Å². The highest BCUT2D eigenvalue weighted by Crippen LogP contribution is 2.36. The molecule has 1 atom stereocenters. The SMILES string of the molecule is COc1cccc(C2CCCN2c2ccc(C(=O)N(C)C)cn2)c1. The number of hydrogen-bond acceptors (Lipinski definition) is 4. The van der Waals surface area contributed by atoms with Gasteiger partial charge in [0.15, 0.2) is 0 Å². The van der Waals surface area contributed by atoms with Gasteiger partial charge in [0.1, 0.15) is 11.6 Å². The molecule has 0 spiro atoms. The Labute approximate surface area is 142 Å². The molecule has 1 unspecified atom stereocenters. The van der Waals surface area contributed by atoms with Gasteiger partial charge in [-0.05, 0) is 42.7 Å². The molecule has 1 aliphatic heterocycles. The number of benzene rings is 1. The summed E-state index contributed by atoms with van der Waals surface area (Å²) in [6, 6.07) is 12.3. The van der Waals surface area contributed by atoms with E-state index in [2.05, 4.69) is 22.0 Å². The van der Waals surface area contributed by atoms with Gasteiger partial charge >= 0.3 is 0 Å². The van der Waals surface area contributed by atoms with Crippen LogP contribution in [0.2, 0.25) is 0 Å². The van der Waals surface area contributed by atoms with Crippen LogP contribution in [-0.4, -0.2) is 43.5 Å². The van der Waals surface area contributed by atoms with Crippen LogP contribution < -0.4 is 9.64 Å². The summed E-state index contributed by atoms with van der Waals surface area (Å²) >= 11 is 0. The molecule has 0 bridgehead atoms. The maximum atomic E-state index is 12.0. The van der Waals surface area contributed by atoms with Crippen molar-refractivity contribution in [1.82, 2.24) is 9.88 Å². The summed E-state index contributed by atoms with van der Waals surface area (Å²) in [4.78, 5) is 20.4. The number of anilines is 1. The molecule has 1 fully saturated rings. The molecule has 5 heteroatoms. The van der Waals surface area contributed by atoms with Crippen LogP contribution in [0, 0.1) is 0 Å². The van der Waals surface area contributed by atoms with Gasteiger partial charge in [-0.3, -0.25) is 4.79 Å². The van der Waals surface area contributed by atoms with E-state index in [0.29, 0.717) is 11.6 Å². The van der Waals surface area contributed by atoms with Crippen LogP contribution in [0.15, 0.2) is 42.6 Å². The molecule has 126 valence electrons. The molecular weight excluding hydrogens is 302 g/mol. The Kier molecular flexibility index (Phi) is 4.69. The van der Waals surface area contributed by atoms with E-state index in [1.54, 1.807) is 32.3 Å². The topological polar surface area (TPSA) is 45.7 Å². The van der Waals surface area contributed by atoms with Crippen molar-refractivity contribution in [3.8, 4) is 5.75 Å². The van der Waals surface area contributed by atoms with E-state index < -0.39 is 0 Å². The lowest BCUT2D eigenvalue weighted by Crippen LogP contribution is -2.25. The first-order valence-electron chi connectivity index (χ1n) is 8.18. The quantitative estimate of drug-likeness (QED) is 0.866. The zero-order valence-electron chi connectivity index (χ0n) is 14.4. The molecule has 2 heterocycles. The van der Waals surface area contributed by atoms with Gasteiger partial charge in [-0.15, -0.1) is 0 Å². The molecule has 1 saturated heterocycles. The number of amides is 1. The van der Waals surface area contributed by atoms with Gasteiger partial charge in [0.25, 0.3) is 5.91 Å². The smallest absolute Gasteiger partial charge is 0.254 e. The lowest BCUT2D eigenvalue weighted by Gasteiger charge is -2.26. The van der Waals surface area contributed by atoms with Gasteiger partial charge in [-0.2, -0.15) is 0 Å². The summed E-state index contributed by atoms with van der Waals surface area (Å²) < 4.78 is 5.34. The van der Waals surface area contributed by atoms with Crippen LogP contribution in [0.25, 0.3) is 0 Å². The molecule has 0 N–H and O–H groups in total. The van der Waals surface area contributed by atoms with Crippen molar-refractivity contribution in [3.05, 3.63) is 53.7 Å². The fourth-order valence-corrected chi connectivity index (χ4v) is 3.18. The first-order chi connectivity index (χ1) is 11.6. The highest BCUT2D eigenvalue weighted by Gasteiger charge is 2.27. The summed E-state index contributed by atoms with van der Waals surface area (Å²) in [5.41, 5.74) is 1.85. The lowest BCUT2D eigenvalue weighted by atomic mass is 10.0. The first-order valence-corrected chi connectivity index (χ1v) is 8.18. The maximum absolute atomic E-state index is 12.0. The molecule has 24 heavy (non-hydrogen) atoms. The first kappa shape index (κ1) is 16.3. The second-order valence-electron chi connectivity index (χ2n) is 6.23. The Bertz CT molecular complexity index is 713. The molecule has 0 radical (unpaired) electrons. The summed E-state index contributed by atoms with van der Waals surface area (Å²) in [6.45, 7) is 0.968. The minimum Gasteiger partial charge on any atom is -0.497 e. The highest BCUT2D eigenvalue weighted by atomic mass is 16.5. The van der Waals surface area contributed by atoms with Gasteiger partial charge in [0.05, 0.1) is 18.7 Å². The molecular formula is C19H23N3O2. The zero-order chi connectivity index (χ0) is 17.1. The zero-order valence-corrected chi connectivity index (χ0v) is 14.4. The third-order valence-electron chi connectivity index (χ3n) is 4.43. The average Bonchev–Trinajstić information content (AvgIpc) is 3.11. The Balaban J connectivity index is 1.84. The molecule has 3 rings (SSSR count). The third-order valence-corrected chi connectivity index (χ3v) is 4.43. The van der Waals surface area contributed by atoms with Crippen molar-refractivity contribution in [2.24, 2.45) is 0 Å². The van der Waals surface area contributed by atoms with E-state index in [-0.39, 0.29) is 5.91 Å². The van der Waals surface area contributed by atoms with Crippen LogP contribution in [0.3, 0.4) is 0 Å². The molecule has 0 aliphatic carbocycles. The predicted octanol–water partition coefficient (Wildman–Crippen LogP) is 3.13. The average molecular weight is 325 g/mol. The monoisotopic (exact) mass is 325 g/mol. The Morgan fingerprint density at radius 2 is 2.12 bits per heavy atom. The van der Waals surface area contributed by atoms with E-state index in [4.69, 9.17) is 4.74 Å². The van der Waals surface area contributed by atoms with E-state index in [1.165, 1.54) is 5.56 Å². The number of rotatable bonds is 4. The molecule has 5 nitrogen and oxygen atoms in total. The van der Waals surface area contributed by atoms with Crippen LogP contribution in [0.1, 0.15) is 34.8 Å². The van der Waals surface area contributed by atoms with Gasteiger partial charge < -0.3 is 14.5 Å². The fraction of sp³-hybridized carbons (Fsp3) is 0.368. The normalized spacial score (nSPS) is 17.0. The van der Waals surface area contributed by atoms with Crippen molar-refractivity contribution in [3.63, 3.8) is 0 Å². The van der Waals surface area contributed by atoms with Gasteiger partial charge in [-0.25, -0.2) is 4.98 Å². The standard InChI is InChI=1S/C19H23N3O2/c1-21(2)19(23)15-9-10-18(20-13-15)22-11-5-8-17(22)14-6-4-7-16(12-14)24-3/h4,6-7,9-10,12-13,17H,5,8,11H2,1-3H3. The van der Waals surface area contributed by atoms with Crippen molar-refractivity contribution < 1.29 is 9.53 Å². The second kappa shape index (κ2) is 6.91. The third kappa shape index (κ3) is 3.20. The number of pyridine rings is 1. The van der Waals surface area contributed by atoms with E-state index in [9.17, 15) is 4.79 Å². The van der Waals surface area contributed by atoms with Crippen LogP contribution in [0.4, 0.5) is 5.82 Å². The van der Waals surface area contributed by atoms with Crippen LogP contribution in [-0.2, 0) is 0 Å². The number of aromatic nitrogens is 1. The molecule has 1 aliphatic rings. The van der Waals surface area contributed by atoms with Gasteiger partial charge in [0, 0.05) is 26.8 Å². The molecule has 1 aromatic carbocycles. The van der Waals surface area contributed by atoms with Crippen molar-refractivity contribution in [2.45, 2.75) is 18.9 Å². The molecule has 1 amide bonds. The van der Waals surface area contributed by atoms with Gasteiger partial charge in [-0.1, -0.05) is 12.1 Å². The number of hydrogen-bond donors (Lipinski definition) is 0. The number of nitrogens with zero attached hydrogens (tertiary/aromatic N) is 3. The van der Waals surface area contributed by atoms with Crippen molar-refractivity contribution >= 4 is 11.7 Å². The summed E-state index contributed by atoms with van der Waals surface area (Å²) in [5.74, 6) is 1.76. The summed E-state index contributed by atoms with van der Waals surface area (Å²) in [6.07, 6.45) is 3.88. The predicted molar refractivity (Wildman–Crippen MR) is 94.6 cm³/mol. The van der Waals surface area contributed by atoms with E-state index >= 15 is 0 Å². The second-order valence-corrected chi connectivity index (χ2v) is 6.23. The number of methoxy groups -OCH3 is 1. The highest BCUT2D eigenvalue weighted by molar-refractivity contribution is 5.93. The summed E-state index contributed by atoms with van der Waals surface area (Å²) in [7, 11) is 5.18. The van der Waals surface area contributed by atoms with Gasteiger partial charge in [0.2, 0.25) is 0 Å². The van der Waals surface area contributed by atoms with E-state index in [0.717, 1.165) is 31.0 Å². The molecule has 0 saturated carbocycles. The number of carbonyl (C=O) groups is 1. The summed E-state index contributed by atoms with van der Waals surface area (Å²) in [5, 5.41) is 0. The Morgan fingerprint density at radius 1 is 1.29 bits per heavy atom. The maximum Gasteiger partial charge on any atom is 0.254 e. The Hall–Kier alpha value is -2.56.